The second kappa shape index (κ2) is 7.65. The molecule has 3 N–H and O–H groups in total. The number of carbonyl (C=O) groups excluding carboxylic acids is 2. The third kappa shape index (κ3) is 4.00. The SMILES string of the molecule is C[C@H]1CN(C(=O)CCC2(C3CC3)NC(=O)NC2O)CCN1c1cc(F)cc(Cl)c1. The number of nitrogens with zero attached hydrogens (tertiary/aromatic N) is 2. The number of piperazine rings is 1. The van der Waals surface area contributed by atoms with Crippen LogP contribution < -0.4 is 15.5 Å². The van der Waals surface area contributed by atoms with E-state index in [9.17, 15) is 19.1 Å². The number of halogens is 2. The molecule has 3 amide bonds. The molecular weight excluding hydrogens is 399 g/mol. The minimum Gasteiger partial charge on any atom is -0.371 e. The van der Waals surface area contributed by atoms with Gasteiger partial charge in [0.15, 0.2) is 6.23 Å². The van der Waals surface area contributed by atoms with Gasteiger partial charge in [0, 0.05) is 42.8 Å². The van der Waals surface area contributed by atoms with E-state index in [-0.39, 0.29) is 36.1 Å². The van der Waals surface area contributed by atoms with E-state index in [4.69, 9.17) is 11.6 Å². The van der Waals surface area contributed by atoms with Crippen molar-refractivity contribution in [1.82, 2.24) is 15.5 Å². The van der Waals surface area contributed by atoms with Crippen LogP contribution in [0.15, 0.2) is 18.2 Å². The number of carbonyl (C=O) groups is 2. The topological polar surface area (TPSA) is 84.9 Å². The molecule has 158 valence electrons. The first-order chi connectivity index (χ1) is 13.8. The van der Waals surface area contributed by atoms with Gasteiger partial charge in [-0.1, -0.05) is 11.6 Å². The van der Waals surface area contributed by atoms with E-state index in [2.05, 4.69) is 15.5 Å². The molecule has 0 bridgehead atoms. The second-order valence-corrected chi connectivity index (χ2v) is 8.76. The Morgan fingerprint density at radius 2 is 2.10 bits per heavy atom. The normalized spacial score (nSPS) is 29.6. The molecular formula is C20H26ClFN4O3. The molecule has 7 nitrogen and oxygen atoms in total. The van der Waals surface area contributed by atoms with E-state index < -0.39 is 11.8 Å². The molecule has 0 radical (unpaired) electrons. The highest BCUT2D eigenvalue weighted by atomic mass is 35.5. The van der Waals surface area contributed by atoms with Gasteiger partial charge in [0.2, 0.25) is 5.91 Å². The summed E-state index contributed by atoms with van der Waals surface area (Å²) >= 11 is 5.98. The molecule has 2 aliphatic heterocycles. The minimum atomic E-state index is -0.969. The zero-order valence-corrected chi connectivity index (χ0v) is 17.1. The lowest BCUT2D eigenvalue weighted by atomic mass is 9.86. The highest BCUT2D eigenvalue weighted by Crippen LogP contribution is 2.45. The lowest BCUT2D eigenvalue weighted by Gasteiger charge is -2.42. The summed E-state index contributed by atoms with van der Waals surface area (Å²) in [6.07, 6.45) is 1.58. The molecule has 29 heavy (non-hydrogen) atoms. The van der Waals surface area contributed by atoms with Gasteiger partial charge in [0.25, 0.3) is 0 Å². The number of amides is 3. The Morgan fingerprint density at radius 1 is 1.34 bits per heavy atom. The Bertz CT molecular complexity index is 801. The van der Waals surface area contributed by atoms with E-state index in [0.29, 0.717) is 36.8 Å². The van der Waals surface area contributed by atoms with E-state index >= 15 is 0 Å². The molecule has 0 aromatic heterocycles. The number of anilines is 1. The van der Waals surface area contributed by atoms with Gasteiger partial charge < -0.3 is 25.5 Å². The molecule has 3 fully saturated rings. The Morgan fingerprint density at radius 3 is 2.69 bits per heavy atom. The van der Waals surface area contributed by atoms with Crippen LogP contribution in [0, 0.1) is 11.7 Å². The number of hydrogen-bond acceptors (Lipinski definition) is 4. The Kier molecular flexibility index (Phi) is 5.33. The average Bonchev–Trinajstić information content (AvgIpc) is 3.45. The number of hydrogen-bond donors (Lipinski definition) is 3. The molecule has 1 aliphatic carbocycles. The molecule has 9 heteroatoms. The summed E-state index contributed by atoms with van der Waals surface area (Å²) in [7, 11) is 0. The fourth-order valence-corrected chi connectivity index (χ4v) is 4.86. The minimum absolute atomic E-state index is 0.00199. The first-order valence-electron chi connectivity index (χ1n) is 10.1. The van der Waals surface area contributed by atoms with Gasteiger partial charge in [-0.3, -0.25) is 4.79 Å². The van der Waals surface area contributed by atoms with E-state index in [0.717, 1.165) is 12.8 Å². The van der Waals surface area contributed by atoms with E-state index in [1.165, 1.54) is 12.1 Å². The van der Waals surface area contributed by atoms with Crippen molar-refractivity contribution < 1.29 is 19.1 Å². The predicted octanol–water partition coefficient (Wildman–Crippen LogP) is 2.08. The van der Waals surface area contributed by atoms with Crippen molar-refractivity contribution in [3.05, 3.63) is 29.0 Å². The highest BCUT2D eigenvalue weighted by Gasteiger charge is 2.55. The van der Waals surface area contributed by atoms with Crippen LogP contribution >= 0.6 is 11.6 Å². The number of aliphatic hydroxyl groups excluding tert-OH is 1. The summed E-state index contributed by atoms with van der Waals surface area (Å²) in [5, 5.41) is 16.0. The third-order valence-corrected chi connectivity index (χ3v) is 6.54. The summed E-state index contributed by atoms with van der Waals surface area (Å²) in [6, 6.07) is 4.09. The monoisotopic (exact) mass is 424 g/mol. The highest BCUT2D eigenvalue weighted by molar-refractivity contribution is 6.30. The van der Waals surface area contributed by atoms with E-state index in [1.54, 1.807) is 11.0 Å². The molecule has 2 heterocycles. The summed E-state index contributed by atoms with van der Waals surface area (Å²) < 4.78 is 13.7. The number of rotatable bonds is 5. The van der Waals surface area contributed by atoms with Crippen molar-refractivity contribution >= 4 is 29.2 Å². The van der Waals surface area contributed by atoms with Gasteiger partial charge in [0.1, 0.15) is 5.82 Å². The summed E-state index contributed by atoms with van der Waals surface area (Å²) in [5.74, 6) is -0.172. The number of aliphatic hydroxyl groups is 1. The van der Waals surface area contributed by atoms with Crippen LogP contribution in [-0.2, 0) is 4.79 Å². The van der Waals surface area contributed by atoms with Crippen LogP contribution in [0.2, 0.25) is 5.02 Å². The smallest absolute Gasteiger partial charge is 0.317 e. The lowest BCUT2D eigenvalue weighted by Crippen LogP contribution is -2.55. The third-order valence-electron chi connectivity index (χ3n) is 6.32. The fourth-order valence-electron chi connectivity index (χ4n) is 4.64. The van der Waals surface area contributed by atoms with Crippen molar-refractivity contribution in [2.45, 2.75) is 50.4 Å². The molecule has 1 aromatic carbocycles. The molecule has 0 spiro atoms. The van der Waals surface area contributed by atoms with Gasteiger partial charge in [-0.2, -0.15) is 0 Å². The molecule has 3 aliphatic rings. The van der Waals surface area contributed by atoms with Crippen molar-refractivity contribution in [3.63, 3.8) is 0 Å². The van der Waals surface area contributed by atoms with Gasteiger partial charge in [-0.15, -0.1) is 0 Å². The second-order valence-electron chi connectivity index (χ2n) is 8.33. The maximum atomic E-state index is 13.7. The summed E-state index contributed by atoms with van der Waals surface area (Å²) in [6.45, 7) is 3.63. The maximum Gasteiger partial charge on any atom is 0.317 e. The molecule has 2 saturated heterocycles. The van der Waals surface area contributed by atoms with Gasteiger partial charge in [0.05, 0.1) is 5.54 Å². The maximum absolute atomic E-state index is 13.7. The van der Waals surface area contributed by atoms with Gasteiger partial charge in [-0.25, -0.2) is 9.18 Å². The molecule has 4 rings (SSSR count). The predicted molar refractivity (Wildman–Crippen MR) is 107 cm³/mol. The van der Waals surface area contributed by atoms with Crippen LogP contribution in [0.25, 0.3) is 0 Å². The van der Waals surface area contributed by atoms with Crippen LogP contribution in [0.3, 0.4) is 0 Å². The lowest BCUT2D eigenvalue weighted by molar-refractivity contribution is -0.132. The zero-order valence-electron chi connectivity index (χ0n) is 16.3. The molecule has 1 aromatic rings. The number of urea groups is 1. The summed E-state index contributed by atoms with van der Waals surface area (Å²) in [5.41, 5.74) is -0.0384. The average molecular weight is 425 g/mol. The molecule has 2 unspecified atom stereocenters. The number of nitrogens with one attached hydrogen (secondary N) is 2. The Balaban J connectivity index is 1.36. The van der Waals surface area contributed by atoms with Crippen molar-refractivity contribution in [1.29, 1.82) is 0 Å². The standard InChI is InChI=1S/C20H26ClFN4O3/c1-12-11-25(6-7-26(12)16-9-14(21)8-15(22)10-16)17(27)4-5-20(13-2-3-13)18(28)23-19(29)24-20/h8-10,12-13,18,28H,2-7,11H2,1H3,(H2,23,24,29)/t12-,18?,20?/m0/s1. The number of benzene rings is 1. The van der Waals surface area contributed by atoms with Crippen molar-refractivity contribution in [3.8, 4) is 0 Å². The molecule has 3 atom stereocenters. The van der Waals surface area contributed by atoms with E-state index in [1.807, 2.05) is 6.92 Å². The van der Waals surface area contributed by atoms with Crippen LogP contribution in [-0.4, -0.2) is 59.4 Å². The van der Waals surface area contributed by atoms with Crippen LogP contribution in [0.5, 0.6) is 0 Å². The van der Waals surface area contributed by atoms with Crippen LogP contribution in [0.1, 0.15) is 32.6 Å². The van der Waals surface area contributed by atoms with Crippen molar-refractivity contribution in [2.75, 3.05) is 24.5 Å². The van der Waals surface area contributed by atoms with Gasteiger partial charge in [-0.05, 0) is 50.3 Å². The zero-order chi connectivity index (χ0) is 20.8. The van der Waals surface area contributed by atoms with Crippen molar-refractivity contribution in [2.24, 2.45) is 5.92 Å². The first kappa shape index (κ1) is 20.2. The molecule has 1 saturated carbocycles. The Hall–Kier alpha value is -2.06. The summed E-state index contributed by atoms with van der Waals surface area (Å²) in [4.78, 5) is 28.4. The quantitative estimate of drug-likeness (QED) is 0.675. The largest absolute Gasteiger partial charge is 0.371 e. The van der Waals surface area contributed by atoms with Gasteiger partial charge >= 0.3 is 6.03 Å². The van der Waals surface area contributed by atoms with Crippen LogP contribution in [0.4, 0.5) is 14.9 Å². The first-order valence-corrected chi connectivity index (χ1v) is 10.4. The Labute approximate surface area is 174 Å². The fraction of sp³-hybridized carbons (Fsp3) is 0.600.